The Labute approximate surface area is 168 Å². The summed E-state index contributed by atoms with van der Waals surface area (Å²) in [6.07, 6.45) is 1.71. The molecule has 1 amide bonds. The molecule has 0 saturated carbocycles. The zero-order chi connectivity index (χ0) is 20.6. The van der Waals surface area contributed by atoms with Crippen molar-refractivity contribution in [3.8, 4) is 11.3 Å². The molecule has 152 valence electrons. The number of anilines is 1. The highest BCUT2D eigenvalue weighted by molar-refractivity contribution is 5.94. The lowest BCUT2D eigenvalue weighted by Crippen LogP contribution is -2.41. The van der Waals surface area contributed by atoms with Crippen LogP contribution in [0.2, 0.25) is 0 Å². The van der Waals surface area contributed by atoms with E-state index in [2.05, 4.69) is 20.8 Å². The normalized spacial score (nSPS) is 12.0. The summed E-state index contributed by atoms with van der Waals surface area (Å²) in [6.45, 7) is 2.34. The fraction of sp³-hybridized carbons (Fsp3) is 0.273. The predicted molar refractivity (Wildman–Crippen MR) is 109 cm³/mol. The fourth-order valence-corrected chi connectivity index (χ4v) is 3.10. The molecule has 7 heteroatoms. The Morgan fingerprint density at radius 2 is 1.93 bits per heavy atom. The molecular weight excluding hydrogens is 374 g/mol. The SMILES string of the molecule is CCC[C@H](NCCc1cccc(F)c1F)C(=O)Nc1cc(-c2ccccc2)[nH]n1. The quantitative estimate of drug-likeness (QED) is 0.503. The number of hydrogen-bond acceptors (Lipinski definition) is 3. The van der Waals surface area contributed by atoms with Gasteiger partial charge in [0.05, 0.1) is 11.7 Å². The zero-order valence-corrected chi connectivity index (χ0v) is 16.2. The third-order valence-corrected chi connectivity index (χ3v) is 4.62. The molecule has 2 aromatic carbocycles. The number of H-pyrrole nitrogens is 1. The van der Waals surface area contributed by atoms with E-state index in [-0.39, 0.29) is 17.9 Å². The number of aromatic amines is 1. The van der Waals surface area contributed by atoms with Crippen LogP contribution in [0.15, 0.2) is 54.6 Å². The van der Waals surface area contributed by atoms with E-state index in [0.717, 1.165) is 23.7 Å². The van der Waals surface area contributed by atoms with Gasteiger partial charge in [-0.3, -0.25) is 9.89 Å². The van der Waals surface area contributed by atoms with E-state index in [9.17, 15) is 13.6 Å². The van der Waals surface area contributed by atoms with Gasteiger partial charge >= 0.3 is 0 Å². The largest absolute Gasteiger partial charge is 0.308 e. The number of nitrogens with zero attached hydrogens (tertiary/aromatic N) is 1. The maximum atomic E-state index is 13.8. The number of amides is 1. The van der Waals surface area contributed by atoms with Crippen molar-refractivity contribution in [1.29, 1.82) is 0 Å². The van der Waals surface area contributed by atoms with Gasteiger partial charge in [0, 0.05) is 12.6 Å². The van der Waals surface area contributed by atoms with Crippen molar-refractivity contribution in [2.45, 2.75) is 32.2 Å². The Hall–Kier alpha value is -3.06. The van der Waals surface area contributed by atoms with Gasteiger partial charge < -0.3 is 10.6 Å². The number of hydrogen-bond donors (Lipinski definition) is 3. The number of halogens is 2. The molecule has 0 unspecified atom stereocenters. The van der Waals surface area contributed by atoms with Gasteiger partial charge in [0.15, 0.2) is 17.5 Å². The maximum absolute atomic E-state index is 13.8. The van der Waals surface area contributed by atoms with E-state index in [1.807, 2.05) is 37.3 Å². The first kappa shape index (κ1) is 20.7. The lowest BCUT2D eigenvalue weighted by molar-refractivity contribution is -0.118. The molecule has 1 atom stereocenters. The number of nitrogens with one attached hydrogen (secondary N) is 3. The van der Waals surface area contributed by atoms with Gasteiger partial charge in [0.25, 0.3) is 0 Å². The molecule has 0 radical (unpaired) electrons. The molecule has 1 heterocycles. The number of aromatic nitrogens is 2. The zero-order valence-electron chi connectivity index (χ0n) is 16.2. The number of carbonyl (C=O) groups excluding carboxylic acids is 1. The highest BCUT2D eigenvalue weighted by Crippen LogP contribution is 2.19. The lowest BCUT2D eigenvalue weighted by Gasteiger charge is -2.17. The molecule has 0 aliphatic rings. The summed E-state index contributed by atoms with van der Waals surface area (Å²) in [6, 6.07) is 15.1. The lowest BCUT2D eigenvalue weighted by atomic mass is 10.1. The van der Waals surface area contributed by atoms with E-state index < -0.39 is 17.7 Å². The van der Waals surface area contributed by atoms with Crippen LogP contribution in [0.3, 0.4) is 0 Å². The molecule has 5 nitrogen and oxygen atoms in total. The minimum Gasteiger partial charge on any atom is -0.308 e. The molecule has 3 aromatic rings. The van der Waals surface area contributed by atoms with Gasteiger partial charge in [-0.05, 0) is 30.0 Å². The highest BCUT2D eigenvalue weighted by Gasteiger charge is 2.18. The molecule has 29 heavy (non-hydrogen) atoms. The van der Waals surface area contributed by atoms with Crippen LogP contribution in [0.1, 0.15) is 25.3 Å². The maximum Gasteiger partial charge on any atom is 0.242 e. The number of rotatable bonds is 9. The Balaban J connectivity index is 1.58. The monoisotopic (exact) mass is 398 g/mol. The summed E-state index contributed by atoms with van der Waals surface area (Å²) in [5.74, 6) is -1.47. The van der Waals surface area contributed by atoms with E-state index in [4.69, 9.17) is 0 Å². The molecule has 0 fully saturated rings. The fourth-order valence-electron chi connectivity index (χ4n) is 3.10. The molecule has 1 aromatic heterocycles. The topological polar surface area (TPSA) is 69.8 Å². The minimum absolute atomic E-state index is 0.210. The first-order valence-electron chi connectivity index (χ1n) is 9.66. The first-order chi connectivity index (χ1) is 14.1. The second-order valence-corrected chi connectivity index (χ2v) is 6.78. The van der Waals surface area contributed by atoms with Gasteiger partial charge in [-0.25, -0.2) is 8.78 Å². The van der Waals surface area contributed by atoms with Crippen molar-refractivity contribution in [1.82, 2.24) is 15.5 Å². The van der Waals surface area contributed by atoms with Crippen LogP contribution in [0.4, 0.5) is 14.6 Å². The highest BCUT2D eigenvalue weighted by atomic mass is 19.2. The average molecular weight is 398 g/mol. The van der Waals surface area contributed by atoms with Crippen LogP contribution in [0, 0.1) is 11.6 Å². The molecule has 0 aliphatic carbocycles. The second kappa shape index (κ2) is 9.93. The van der Waals surface area contributed by atoms with Gasteiger partial charge in [0.1, 0.15) is 0 Å². The van der Waals surface area contributed by atoms with Crippen molar-refractivity contribution in [3.63, 3.8) is 0 Å². The third-order valence-electron chi connectivity index (χ3n) is 4.62. The van der Waals surface area contributed by atoms with Crippen molar-refractivity contribution >= 4 is 11.7 Å². The van der Waals surface area contributed by atoms with Gasteiger partial charge in [0.2, 0.25) is 5.91 Å². The molecule has 0 spiro atoms. The standard InChI is InChI=1S/C22H24F2N4O/c1-2-7-18(25-13-12-16-10-6-11-17(23)21(16)24)22(29)26-20-14-19(27-28-20)15-8-4-3-5-9-15/h3-6,8-11,14,18,25H,2,7,12-13H2,1H3,(H2,26,27,28,29)/t18-/m0/s1. The molecule has 0 saturated heterocycles. The third kappa shape index (κ3) is 5.48. The van der Waals surface area contributed by atoms with E-state index >= 15 is 0 Å². The molecule has 0 bridgehead atoms. The molecular formula is C22H24F2N4O. The van der Waals surface area contributed by atoms with Gasteiger partial charge in [-0.15, -0.1) is 0 Å². The summed E-state index contributed by atoms with van der Waals surface area (Å²) in [4.78, 5) is 12.7. The van der Waals surface area contributed by atoms with Crippen molar-refractivity contribution in [3.05, 3.63) is 71.8 Å². The van der Waals surface area contributed by atoms with E-state index in [1.165, 1.54) is 6.07 Å². The summed E-state index contributed by atoms with van der Waals surface area (Å²) < 4.78 is 27.1. The Morgan fingerprint density at radius 3 is 2.69 bits per heavy atom. The Morgan fingerprint density at radius 1 is 1.14 bits per heavy atom. The Bertz CT molecular complexity index is 943. The predicted octanol–water partition coefficient (Wildman–Crippen LogP) is 4.29. The van der Waals surface area contributed by atoms with Crippen molar-refractivity contribution < 1.29 is 13.6 Å². The summed E-state index contributed by atoms with van der Waals surface area (Å²) in [5, 5.41) is 13.0. The average Bonchev–Trinajstić information content (AvgIpc) is 3.19. The van der Waals surface area contributed by atoms with E-state index in [0.29, 0.717) is 18.8 Å². The smallest absolute Gasteiger partial charge is 0.242 e. The second-order valence-electron chi connectivity index (χ2n) is 6.78. The van der Waals surface area contributed by atoms with Crippen LogP contribution < -0.4 is 10.6 Å². The number of carbonyl (C=O) groups is 1. The Kier molecular flexibility index (Phi) is 7.08. The van der Waals surface area contributed by atoms with Crippen LogP contribution in [0.25, 0.3) is 11.3 Å². The van der Waals surface area contributed by atoms with Crippen LogP contribution in [-0.2, 0) is 11.2 Å². The molecule has 3 N–H and O–H groups in total. The minimum atomic E-state index is -0.863. The first-order valence-corrected chi connectivity index (χ1v) is 9.66. The van der Waals surface area contributed by atoms with Crippen molar-refractivity contribution in [2.75, 3.05) is 11.9 Å². The van der Waals surface area contributed by atoms with E-state index in [1.54, 1.807) is 12.1 Å². The molecule has 3 rings (SSSR count). The molecule has 0 aliphatic heterocycles. The van der Waals surface area contributed by atoms with Crippen LogP contribution >= 0.6 is 0 Å². The van der Waals surface area contributed by atoms with Crippen molar-refractivity contribution in [2.24, 2.45) is 0 Å². The van der Waals surface area contributed by atoms with Crippen LogP contribution in [0.5, 0.6) is 0 Å². The summed E-state index contributed by atoms with van der Waals surface area (Å²) in [7, 11) is 0. The van der Waals surface area contributed by atoms with Gasteiger partial charge in [-0.2, -0.15) is 5.10 Å². The van der Waals surface area contributed by atoms with Gasteiger partial charge in [-0.1, -0.05) is 55.8 Å². The summed E-state index contributed by atoms with van der Waals surface area (Å²) in [5.41, 5.74) is 2.07. The summed E-state index contributed by atoms with van der Waals surface area (Å²) >= 11 is 0. The number of benzene rings is 2. The van der Waals surface area contributed by atoms with Crippen LogP contribution in [-0.4, -0.2) is 28.7 Å².